The highest BCUT2D eigenvalue weighted by Crippen LogP contribution is 2.67. The van der Waals surface area contributed by atoms with Crippen LogP contribution in [-0.4, -0.2) is 162 Å². The summed E-state index contributed by atoms with van der Waals surface area (Å²) in [5.41, 5.74) is -0.414. The van der Waals surface area contributed by atoms with Gasteiger partial charge in [-0.15, -0.1) is 0 Å². The van der Waals surface area contributed by atoms with Crippen molar-refractivity contribution in [3.8, 4) is 0 Å². The minimum absolute atomic E-state index is 0.00770. The number of methoxy groups -OCH3 is 4. The number of rotatable bonds is 12. The molecule has 25 atom stereocenters. The Morgan fingerprint density at radius 2 is 1.05 bits per heavy atom. The summed E-state index contributed by atoms with van der Waals surface area (Å²) in [4.78, 5) is 13.4. The summed E-state index contributed by atoms with van der Waals surface area (Å²) in [5.74, 6) is 0.713. The minimum atomic E-state index is -0.730. The van der Waals surface area contributed by atoms with E-state index >= 15 is 0 Å². The number of carbonyl (C=O) groups excluding carboxylic acids is 1. The van der Waals surface area contributed by atoms with Gasteiger partial charge in [0.05, 0.1) is 72.6 Å². The molecule has 0 aromatic carbocycles. The molecule has 6 aliphatic heterocycles. The highest BCUT2D eigenvalue weighted by atomic mass is 16.8. The Morgan fingerprint density at radius 3 is 1.57 bits per heavy atom. The third-order valence-electron chi connectivity index (χ3n) is 18.1. The molecule has 3 saturated carbocycles. The lowest BCUT2D eigenvalue weighted by Crippen LogP contribution is -2.58. The highest BCUT2D eigenvalue weighted by Gasteiger charge is 2.70. The van der Waals surface area contributed by atoms with E-state index in [1.165, 1.54) is 0 Å². The van der Waals surface area contributed by atoms with Crippen LogP contribution in [0.5, 0.6) is 0 Å². The van der Waals surface area contributed by atoms with Crippen molar-refractivity contribution in [2.75, 3.05) is 28.4 Å². The van der Waals surface area contributed by atoms with Crippen LogP contribution in [0, 0.1) is 28.6 Å². The van der Waals surface area contributed by atoms with Gasteiger partial charge >= 0.3 is 0 Å². The normalized spacial score (nSPS) is 54.7. The first kappa shape index (κ1) is 49.1. The molecular formula is C49H80O16. The van der Waals surface area contributed by atoms with Gasteiger partial charge in [-0.25, -0.2) is 0 Å². The number of hydrogen-bond acceptors (Lipinski definition) is 16. The number of fused-ring (bicyclic) bond motifs is 5. The zero-order valence-electron chi connectivity index (χ0n) is 40.8. The van der Waals surface area contributed by atoms with E-state index in [2.05, 4.69) is 20.8 Å². The van der Waals surface area contributed by atoms with Crippen LogP contribution in [0.4, 0.5) is 0 Å². The molecule has 0 radical (unpaired) electrons. The number of Topliss-reactive ketones (excluding diaryl/α,β-unsaturated/α-hetero) is 1. The second kappa shape index (κ2) is 19.3. The van der Waals surface area contributed by atoms with E-state index in [0.29, 0.717) is 43.8 Å². The lowest BCUT2D eigenvalue weighted by molar-refractivity contribution is -0.347. The van der Waals surface area contributed by atoms with Crippen LogP contribution in [0.2, 0.25) is 0 Å². The van der Waals surface area contributed by atoms with Crippen molar-refractivity contribution in [2.45, 2.75) is 248 Å². The predicted molar refractivity (Wildman–Crippen MR) is 231 cm³/mol. The molecule has 25 unspecified atom stereocenters. The van der Waals surface area contributed by atoms with E-state index in [9.17, 15) is 9.90 Å². The van der Waals surface area contributed by atoms with Crippen LogP contribution in [0.25, 0.3) is 0 Å². The highest BCUT2D eigenvalue weighted by molar-refractivity contribution is 5.88. The molecule has 9 fully saturated rings. The predicted octanol–water partition coefficient (Wildman–Crippen LogP) is 5.59. The Balaban J connectivity index is 0.763. The summed E-state index contributed by atoms with van der Waals surface area (Å²) in [6.07, 6.45) is 2.02. The van der Waals surface area contributed by atoms with Gasteiger partial charge in [-0.2, -0.15) is 0 Å². The van der Waals surface area contributed by atoms with Gasteiger partial charge in [0.25, 0.3) is 0 Å². The maximum atomic E-state index is 13.4. The number of ether oxygens (including phenoxy) is 14. The van der Waals surface area contributed by atoms with E-state index in [0.717, 1.165) is 44.9 Å². The van der Waals surface area contributed by atoms with Gasteiger partial charge in [0.15, 0.2) is 30.9 Å². The van der Waals surface area contributed by atoms with Crippen molar-refractivity contribution >= 4 is 5.78 Å². The number of hydrogen-bond donors (Lipinski definition) is 1. The van der Waals surface area contributed by atoms with Crippen LogP contribution in [0.15, 0.2) is 0 Å². The molecule has 16 nitrogen and oxygen atoms in total. The van der Waals surface area contributed by atoms with Gasteiger partial charge in [-0.3, -0.25) is 4.79 Å². The van der Waals surface area contributed by atoms with Gasteiger partial charge in [0.2, 0.25) is 0 Å². The molecule has 9 aliphatic rings. The SMILES string of the molecule is COC1CC(OC2C(C)OC(OC3C(C)OC(OC4C(C)OC(OC5CCC6(C)C(CCC78OC(C)C9CCC(=O)C9(C)C(CC76)O8)C5)CC4OC)CC3OC)CC2OC)OC(C)C1O. The number of aliphatic hydroxyl groups excluding tert-OH is 1. The van der Waals surface area contributed by atoms with Gasteiger partial charge in [0, 0.05) is 78.8 Å². The molecule has 1 spiro atoms. The summed E-state index contributed by atoms with van der Waals surface area (Å²) < 4.78 is 89.5. The van der Waals surface area contributed by atoms with E-state index in [1.807, 2.05) is 27.7 Å². The average molecular weight is 925 g/mol. The van der Waals surface area contributed by atoms with E-state index < -0.39 is 73.0 Å². The fourth-order valence-corrected chi connectivity index (χ4v) is 14.3. The van der Waals surface area contributed by atoms with Crippen molar-refractivity contribution in [2.24, 2.45) is 28.6 Å². The van der Waals surface area contributed by atoms with Crippen LogP contribution < -0.4 is 0 Å². The van der Waals surface area contributed by atoms with E-state index in [-0.39, 0.29) is 72.2 Å². The Hall–Kier alpha value is -0.930. The molecule has 6 saturated heterocycles. The Labute approximate surface area is 386 Å². The summed E-state index contributed by atoms with van der Waals surface area (Å²) in [7, 11) is 6.63. The molecule has 0 aromatic rings. The number of ketones is 1. The Morgan fingerprint density at radius 1 is 0.554 bits per heavy atom. The fraction of sp³-hybridized carbons (Fsp3) is 0.980. The van der Waals surface area contributed by atoms with Crippen molar-refractivity contribution < 1.29 is 76.2 Å². The molecule has 0 aromatic heterocycles. The maximum Gasteiger partial charge on any atom is 0.172 e. The van der Waals surface area contributed by atoms with Crippen LogP contribution in [0.3, 0.4) is 0 Å². The van der Waals surface area contributed by atoms with E-state index in [4.69, 9.17) is 66.3 Å². The Bertz CT molecular complexity index is 1640. The topological polar surface area (TPSA) is 167 Å². The van der Waals surface area contributed by atoms with Crippen molar-refractivity contribution in [1.29, 1.82) is 0 Å². The number of aliphatic hydroxyl groups is 1. The molecule has 2 bridgehead atoms. The molecule has 6 heterocycles. The summed E-state index contributed by atoms with van der Waals surface area (Å²) in [5, 5.41) is 10.4. The molecule has 1 N–H and O–H groups in total. The van der Waals surface area contributed by atoms with Crippen LogP contribution in [-0.2, 0) is 71.1 Å². The zero-order valence-corrected chi connectivity index (χ0v) is 40.8. The summed E-state index contributed by atoms with van der Waals surface area (Å²) >= 11 is 0. The maximum absolute atomic E-state index is 13.4. The lowest BCUT2D eigenvalue weighted by atomic mass is 9.52. The molecule has 16 heteroatoms. The molecule has 65 heavy (non-hydrogen) atoms. The first-order chi connectivity index (χ1) is 31.0. The van der Waals surface area contributed by atoms with Gasteiger partial charge in [0.1, 0.15) is 30.2 Å². The molecule has 3 aliphatic carbocycles. The lowest BCUT2D eigenvalue weighted by Gasteiger charge is -2.57. The first-order valence-corrected chi connectivity index (χ1v) is 25.0. The fourth-order valence-electron chi connectivity index (χ4n) is 14.3. The Kier molecular flexibility index (Phi) is 14.6. The van der Waals surface area contributed by atoms with Gasteiger partial charge < -0.3 is 71.4 Å². The second-order valence-electron chi connectivity index (χ2n) is 21.6. The van der Waals surface area contributed by atoms with Crippen molar-refractivity contribution in [3.05, 3.63) is 0 Å². The third kappa shape index (κ3) is 8.96. The second-order valence-corrected chi connectivity index (χ2v) is 21.6. The smallest absolute Gasteiger partial charge is 0.172 e. The molecular weight excluding hydrogens is 845 g/mol. The zero-order chi connectivity index (χ0) is 46.2. The molecule has 9 rings (SSSR count). The third-order valence-corrected chi connectivity index (χ3v) is 18.1. The largest absolute Gasteiger partial charge is 0.388 e. The average Bonchev–Trinajstić information content (AvgIpc) is 3.80. The van der Waals surface area contributed by atoms with Crippen LogP contribution >= 0.6 is 0 Å². The van der Waals surface area contributed by atoms with E-state index in [1.54, 1.807) is 28.4 Å². The number of carbonyl (C=O) groups is 1. The quantitative estimate of drug-likeness (QED) is 0.241. The van der Waals surface area contributed by atoms with Crippen LogP contribution in [0.1, 0.15) is 126 Å². The van der Waals surface area contributed by atoms with Gasteiger partial charge in [-0.05, 0) is 91.4 Å². The monoisotopic (exact) mass is 925 g/mol. The first-order valence-electron chi connectivity index (χ1n) is 25.0. The summed E-state index contributed by atoms with van der Waals surface area (Å²) in [6, 6.07) is 0. The minimum Gasteiger partial charge on any atom is -0.388 e. The van der Waals surface area contributed by atoms with Crippen molar-refractivity contribution in [3.63, 3.8) is 0 Å². The molecule has 0 amide bonds. The summed E-state index contributed by atoms with van der Waals surface area (Å²) in [6.45, 7) is 14.5. The van der Waals surface area contributed by atoms with Crippen molar-refractivity contribution in [1.82, 2.24) is 0 Å². The standard InChI is InChI=1S/C49H80O16/c1-24-31-12-13-37(50)48(31,7)38-23-36-47(6)16-15-30(18-29(47)14-17-49(36,64-24)65-38)60-39-20-33(53-9)44(26(3)57-39)62-41-22-35(55-11)46(28(5)59-41)63-42-21-34(54-10)45(27(4)58-42)61-40-19-32(52-8)43(51)25(2)56-40/h24-36,38-46,51H,12-23H2,1-11H3. The molecule has 372 valence electrons. The van der Waals surface area contributed by atoms with Gasteiger partial charge in [-0.1, -0.05) is 6.92 Å².